The first-order valence-corrected chi connectivity index (χ1v) is 17.9. The van der Waals surface area contributed by atoms with Crippen LogP contribution in [0.4, 0.5) is 4.79 Å². The molecule has 1 fully saturated rings. The Morgan fingerprint density at radius 2 is 1.56 bits per heavy atom. The van der Waals surface area contributed by atoms with Gasteiger partial charge in [-0.1, -0.05) is 59.1 Å². The van der Waals surface area contributed by atoms with E-state index in [9.17, 15) is 14.9 Å². The highest BCUT2D eigenvalue weighted by Gasteiger charge is 2.45. The monoisotopic (exact) mass is 736 g/mol. The number of urea groups is 1. The standard InChI is InChI=1S/C38H43Cl3N6O3/c1-7-50-32-21-30(38(4,5)23-42)31(41)20-29(32)36-43-34(25-8-12-27(39)13-9-25)35(26-10-14-28(40)15-11-26)47(36)37(49)46-18-16-45(17-19-46)22-33(48)44(6)24(2)3/h8-15,20-21,24,34-35H,7,16-19,22H2,1-6H3/t34-,35+/m0/s1. The molecule has 0 radical (unpaired) electrons. The second kappa shape index (κ2) is 15.6. The largest absolute Gasteiger partial charge is 0.493 e. The number of nitriles is 1. The number of amidine groups is 1. The van der Waals surface area contributed by atoms with Crippen LogP contribution in [0.2, 0.25) is 15.1 Å². The third-order valence-corrected chi connectivity index (χ3v) is 10.2. The number of likely N-dealkylation sites (N-methyl/N-ethyl adjacent to an activating group) is 1. The lowest BCUT2D eigenvalue weighted by atomic mass is 9.85. The number of benzene rings is 3. The number of aliphatic imine (C=N–C) groups is 1. The number of hydrogen-bond acceptors (Lipinski definition) is 6. The summed E-state index contributed by atoms with van der Waals surface area (Å²) in [5, 5.41) is 11.5. The molecule has 1 saturated heterocycles. The Morgan fingerprint density at radius 3 is 2.10 bits per heavy atom. The predicted molar refractivity (Wildman–Crippen MR) is 199 cm³/mol. The fraction of sp³-hybridized carbons (Fsp3) is 0.421. The van der Waals surface area contributed by atoms with Crippen LogP contribution in [-0.4, -0.2) is 89.8 Å². The van der Waals surface area contributed by atoms with Gasteiger partial charge in [0.1, 0.15) is 17.6 Å². The number of piperazine rings is 1. The number of carbonyl (C=O) groups excluding carboxylic acids is 2. The van der Waals surface area contributed by atoms with E-state index in [4.69, 9.17) is 44.5 Å². The van der Waals surface area contributed by atoms with Crippen molar-refractivity contribution in [1.82, 2.24) is 19.6 Å². The van der Waals surface area contributed by atoms with E-state index in [0.717, 1.165) is 11.1 Å². The summed E-state index contributed by atoms with van der Waals surface area (Å²) in [6.45, 7) is 12.0. The van der Waals surface area contributed by atoms with E-state index in [2.05, 4.69) is 11.0 Å². The molecule has 12 heteroatoms. The van der Waals surface area contributed by atoms with Gasteiger partial charge in [0.25, 0.3) is 0 Å². The summed E-state index contributed by atoms with van der Waals surface area (Å²) in [6, 6.07) is 19.6. The van der Waals surface area contributed by atoms with Crippen molar-refractivity contribution in [2.75, 3.05) is 46.4 Å². The lowest BCUT2D eigenvalue weighted by Crippen LogP contribution is -2.55. The lowest BCUT2D eigenvalue weighted by Gasteiger charge is -2.39. The number of rotatable bonds is 9. The molecule has 3 amide bonds. The van der Waals surface area contributed by atoms with Crippen molar-refractivity contribution in [3.8, 4) is 11.8 Å². The smallest absolute Gasteiger partial charge is 0.326 e. The molecule has 3 aromatic rings. The molecule has 0 N–H and O–H groups in total. The minimum atomic E-state index is -0.892. The van der Waals surface area contributed by atoms with Crippen LogP contribution in [0.25, 0.3) is 0 Å². The Hall–Kier alpha value is -3.81. The number of nitrogens with zero attached hydrogens (tertiary/aromatic N) is 6. The SMILES string of the molecule is CCOc1cc(C(C)(C)C#N)c(Cl)cc1C1=N[C@@H](c2ccc(Cl)cc2)[C@@H](c2ccc(Cl)cc2)N1C(=O)N1CCN(CC(=O)N(C)C(C)C)CC1. The number of halogens is 3. The van der Waals surface area contributed by atoms with Crippen molar-refractivity contribution in [2.45, 2.75) is 58.2 Å². The molecule has 0 bridgehead atoms. The van der Waals surface area contributed by atoms with E-state index in [1.54, 1.807) is 35.8 Å². The molecule has 3 aromatic carbocycles. The summed E-state index contributed by atoms with van der Waals surface area (Å²) in [4.78, 5) is 40.4. The summed E-state index contributed by atoms with van der Waals surface area (Å²) in [7, 11) is 1.81. The van der Waals surface area contributed by atoms with Crippen molar-refractivity contribution in [3.63, 3.8) is 0 Å². The van der Waals surface area contributed by atoms with Crippen molar-refractivity contribution in [1.29, 1.82) is 5.26 Å². The third-order valence-electron chi connectivity index (χ3n) is 9.43. The molecule has 0 aliphatic carbocycles. The summed E-state index contributed by atoms with van der Waals surface area (Å²) in [6.07, 6.45) is 0. The van der Waals surface area contributed by atoms with Crippen LogP contribution in [0, 0.1) is 11.3 Å². The first-order valence-electron chi connectivity index (χ1n) is 16.8. The quantitative estimate of drug-likeness (QED) is 0.222. The van der Waals surface area contributed by atoms with Gasteiger partial charge in [0.2, 0.25) is 5.91 Å². The molecule has 5 rings (SSSR count). The Balaban J connectivity index is 1.61. The van der Waals surface area contributed by atoms with E-state index in [1.807, 2.05) is 81.2 Å². The Labute approximate surface area is 310 Å². The zero-order valence-electron chi connectivity index (χ0n) is 29.3. The zero-order valence-corrected chi connectivity index (χ0v) is 31.6. The van der Waals surface area contributed by atoms with E-state index in [1.165, 1.54) is 0 Å². The summed E-state index contributed by atoms with van der Waals surface area (Å²) in [5.41, 5.74) is 1.97. The average molecular weight is 738 g/mol. The molecular weight excluding hydrogens is 695 g/mol. The van der Waals surface area contributed by atoms with Gasteiger partial charge in [0.15, 0.2) is 0 Å². The summed E-state index contributed by atoms with van der Waals surface area (Å²) < 4.78 is 6.18. The van der Waals surface area contributed by atoms with Crippen LogP contribution in [0.1, 0.15) is 69.0 Å². The second-order valence-corrected chi connectivity index (χ2v) is 14.7. The predicted octanol–water partition coefficient (Wildman–Crippen LogP) is 8.00. The number of ether oxygens (including phenoxy) is 1. The highest BCUT2D eigenvalue weighted by molar-refractivity contribution is 6.32. The van der Waals surface area contributed by atoms with E-state index in [0.29, 0.717) is 77.1 Å². The number of hydrogen-bond donors (Lipinski definition) is 0. The zero-order chi connectivity index (χ0) is 36.3. The molecule has 9 nitrogen and oxygen atoms in total. The molecule has 0 spiro atoms. The van der Waals surface area contributed by atoms with Gasteiger partial charge in [0.05, 0.1) is 36.2 Å². The van der Waals surface area contributed by atoms with Crippen LogP contribution in [0.5, 0.6) is 5.75 Å². The van der Waals surface area contributed by atoms with Crippen molar-refractivity contribution in [2.24, 2.45) is 4.99 Å². The van der Waals surface area contributed by atoms with Crippen LogP contribution in [0.15, 0.2) is 65.7 Å². The normalized spacial score (nSPS) is 18.2. The van der Waals surface area contributed by atoms with Gasteiger partial charge in [-0.25, -0.2) is 4.79 Å². The molecular formula is C38H43Cl3N6O3. The minimum Gasteiger partial charge on any atom is -0.493 e. The van der Waals surface area contributed by atoms with Gasteiger partial charge in [-0.05, 0) is 87.7 Å². The summed E-state index contributed by atoms with van der Waals surface area (Å²) >= 11 is 19.6. The second-order valence-electron chi connectivity index (χ2n) is 13.5. The fourth-order valence-corrected chi connectivity index (χ4v) is 6.89. The maximum atomic E-state index is 14.9. The summed E-state index contributed by atoms with van der Waals surface area (Å²) in [5.74, 6) is 0.916. The molecule has 264 valence electrons. The molecule has 2 aliphatic heterocycles. The van der Waals surface area contributed by atoms with Gasteiger partial charge in [-0.2, -0.15) is 5.26 Å². The van der Waals surface area contributed by atoms with Crippen LogP contribution >= 0.6 is 34.8 Å². The van der Waals surface area contributed by atoms with Gasteiger partial charge >= 0.3 is 6.03 Å². The Kier molecular flexibility index (Phi) is 11.7. The van der Waals surface area contributed by atoms with Crippen LogP contribution in [-0.2, 0) is 10.2 Å². The molecule has 0 aromatic heterocycles. The molecule has 2 aliphatic rings. The maximum absolute atomic E-state index is 14.9. The Bertz CT molecular complexity index is 1780. The van der Waals surface area contributed by atoms with E-state index < -0.39 is 17.5 Å². The van der Waals surface area contributed by atoms with Crippen molar-refractivity contribution >= 4 is 52.6 Å². The molecule has 2 atom stereocenters. The third kappa shape index (κ3) is 7.89. The first kappa shape index (κ1) is 37.4. The Morgan fingerprint density at radius 1 is 0.980 bits per heavy atom. The van der Waals surface area contributed by atoms with Crippen molar-refractivity contribution in [3.05, 3.63) is 98.0 Å². The molecule has 0 unspecified atom stereocenters. The maximum Gasteiger partial charge on any atom is 0.326 e. The molecule has 50 heavy (non-hydrogen) atoms. The highest BCUT2D eigenvalue weighted by Crippen LogP contribution is 2.46. The highest BCUT2D eigenvalue weighted by atomic mass is 35.5. The topological polar surface area (TPSA) is 92.5 Å². The van der Waals surface area contributed by atoms with Crippen LogP contribution < -0.4 is 4.74 Å². The fourth-order valence-electron chi connectivity index (χ4n) is 6.24. The first-order chi connectivity index (χ1) is 23.7. The van der Waals surface area contributed by atoms with Gasteiger partial charge in [0, 0.05) is 54.3 Å². The average Bonchev–Trinajstić information content (AvgIpc) is 3.49. The van der Waals surface area contributed by atoms with Crippen LogP contribution in [0.3, 0.4) is 0 Å². The minimum absolute atomic E-state index is 0.0469. The van der Waals surface area contributed by atoms with E-state index in [-0.39, 0.29) is 18.0 Å². The molecule has 2 heterocycles. The van der Waals surface area contributed by atoms with Gasteiger partial charge < -0.3 is 14.5 Å². The van der Waals surface area contributed by atoms with Gasteiger partial charge in [-0.15, -0.1) is 0 Å². The van der Waals surface area contributed by atoms with Crippen molar-refractivity contribution < 1.29 is 14.3 Å². The van der Waals surface area contributed by atoms with E-state index >= 15 is 0 Å². The number of amides is 3. The molecule has 0 saturated carbocycles. The lowest BCUT2D eigenvalue weighted by molar-refractivity contribution is -0.132. The number of carbonyl (C=O) groups is 2. The van der Waals surface area contributed by atoms with Gasteiger partial charge in [-0.3, -0.25) is 19.6 Å².